The molecule has 5 nitrogen and oxygen atoms in total. The van der Waals surface area contributed by atoms with Crippen LogP contribution in [0.25, 0.3) is 0 Å². The van der Waals surface area contributed by atoms with E-state index >= 15 is 0 Å². The molecule has 0 aliphatic carbocycles. The number of anilines is 1. The number of alkyl halides is 6. The number of cyclic esters (lactones) is 1. The van der Waals surface area contributed by atoms with E-state index < -0.39 is 41.2 Å². The normalized spacial score (nSPS) is 17.6. The molecule has 0 radical (unpaired) electrons. The smallest absolute Gasteiger partial charge is 0.416 e. The second-order valence-corrected chi connectivity index (χ2v) is 5.66. The summed E-state index contributed by atoms with van der Waals surface area (Å²) in [6, 6.07) is 0.670. The van der Waals surface area contributed by atoms with Crippen molar-refractivity contribution in [1.29, 1.82) is 0 Å². The SMILES string of the molecule is C=C1C(=O)OC[C@@H]1CCOC(=O)Nc1cc(C(F)(F)F)cc(C(F)(F)F)c1. The summed E-state index contributed by atoms with van der Waals surface area (Å²) in [7, 11) is 0. The average molecular weight is 397 g/mol. The lowest BCUT2D eigenvalue weighted by Gasteiger charge is -2.15. The molecule has 1 aromatic rings. The lowest BCUT2D eigenvalue weighted by molar-refractivity contribution is -0.143. The molecule has 11 heteroatoms. The van der Waals surface area contributed by atoms with Gasteiger partial charge in [-0.1, -0.05) is 6.58 Å². The number of carbonyl (C=O) groups excluding carboxylic acids is 2. The first-order valence-corrected chi connectivity index (χ1v) is 7.47. The van der Waals surface area contributed by atoms with Gasteiger partial charge in [0.2, 0.25) is 0 Å². The maximum absolute atomic E-state index is 12.8. The maximum atomic E-state index is 12.8. The van der Waals surface area contributed by atoms with E-state index in [2.05, 4.69) is 6.58 Å². The zero-order valence-corrected chi connectivity index (χ0v) is 13.5. The molecule has 1 aliphatic heterocycles. The molecule has 1 aliphatic rings. The quantitative estimate of drug-likeness (QED) is 0.465. The van der Waals surface area contributed by atoms with E-state index in [4.69, 9.17) is 9.47 Å². The third-order valence-corrected chi connectivity index (χ3v) is 3.70. The summed E-state index contributed by atoms with van der Waals surface area (Å²) in [5.41, 5.74) is -3.64. The van der Waals surface area contributed by atoms with Gasteiger partial charge in [-0.2, -0.15) is 26.3 Å². The molecule has 1 aromatic carbocycles. The van der Waals surface area contributed by atoms with Gasteiger partial charge in [-0.25, -0.2) is 9.59 Å². The number of nitrogens with one attached hydrogen (secondary N) is 1. The monoisotopic (exact) mass is 397 g/mol. The van der Waals surface area contributed by atoms with Crippen LogP contribution in [0.3, 0.4) is 0 Å². The van der Waals surface area contributed by atoms with Crippen LogP contribution in [0.5, 0.6) is 0 Å². The molecule has 1 atom stereocenters. The molecule has 1 heterocycles. The third kappa shape index (κ3) is 5.38. The Hall–Kier alpha value is -2.72. The van der Waals surface area contributed by atoms with Gasteiger partial charge in [0.05, 0.1) is 24.3 Å². The van der Waals surface area contributed by atoms with Crippen LogP contribution in [0, 0.1) is 5.92 Å². The molecule has 1 amide bonds. The van der Waals surface area contributed by atoms with Crippen LogP contribution in [-0.2, 0) is 26.6 Å². The summed E-state index contributed by atoms with van der Waals surface area (Å²) in [4.78, 5) is 22.8. The molecule has 2 rings (SSSR count). The minimum Gasteiger partial charge on any atom is -0.462 e. The summed E-state index contributed by atoms with van der Waals surface area (Å²) in [6.45, 7) is 3.33. The van der Waals surface area contributed by atoms with Crippen molar-refractivity contribution in [2.24, 2.45) is 5.92 Å². The van der Waals surface area contributed by atoms with Crippen molar-refractivity contribution in [1.82, 2.24) is 0 Å². The molecular formula is C16H13F6NO4. The van der Waals surface area contributed by atoms with E-state index in [0.29, 0.717) is 12.1 Å². The van der Waals surface area contributed by atoms with Crippen molar-refractivity contribution in [3.05, 3.63) is 41.5 Å². The number of amides is 1. The minimum atomic E-state index is -5.03. The summed E-state index contributed by atoms with van der Waals surface area (Å²) in [6.07, 6.45) is -11.1. The lowest BCUT2D eigenvalue weighted by Crippen LogP contribution is -2.18. The fraction of sp³-hybridized carbons (Fsp3) is 0.375. The molecule has 1 fully saturated rings. The summed E-state index contributed by atoms with van der Waals surface area (Å²) in [5.74, 6) is -0.955. The predicted octanol–water partition coefficient (Wildman–Crippen LogP) is 4.39. The second kappa shape index (κ2) is 7.49. The van der Waals surface area contributed by atoms with Crippen molar-refractivity contribution < 1.29 is 45.4 Å². The number of hydrogen-bond donors (Lipinski definition) is 1. The number of carbonyl (C=O) groups is 2. The number of esters is 1. The highest BCUT2D eigenvalue weighted by molar-refractivity contribution is 5.90. The Kier molecular flexibility index (Phi) is 5.71. The fourth-order valence-electron chi connectivity index (χ4n) is 2.27. The number of rotatable bonds is 4. The van der Waals surface area contributed by atoms with Crippen molar-refractivity contribution in [3.8, 4) is 0 Å². The second-order valence-electron chi connectivity index (χ2n) is 5.66. The maximum Gasteiger partial charge on any atom is 0.416 e. The predicted molar refractivity (Wildman–Crippen MR) is 79.6 cm³/mol. The van der Waals surface area contributed by atoms with Crippen LogP contribution in [0.4, 0.5) is 36.8 Å². The van der Waals surface area contributed by atoms with Crippen molar-refractivity contribution >= 4 is 17.7 Å². The molecule has 0 bridgehead atoms. The number of hydrogen-bond acceptors (Lipinski definition) is 4. The first-order valence-electron chi connectivity index (χ1n) is 7.47. The Labute approximate surface area is 148 Å². The van der Waals surface area contributed by atoms with Crippen LogP contribution < -0.4 is 5.32 Å². The Morgan fingerprint density at radius 3 is 2.15 bits per heavy atom. The van der Waals surface area contributed by atoms with Crippen LogP contribution in [0.15, 0.2) is 30.4 Å². The molecule has 0 aromatic heterocycles. The number of halogens is 6. The Morgan fingerprint density at radius 2 is 1.70 bits per heavy atom. The van der Waals surface area contributed by atoms with Crippen molar-refractivity contribution in [2.45, 2.75) is 18.8 Å². The minimum absolute atomic E-state index is 0.0563. The zero-order chi connectivity index (χ0) is 20.4. The van der Waals surface area contributed by atoms with E-state index in [9.17, 15) is 35.9 Å². The molecule has 0 spiro atoms. The van der Waals surface area contributed by atoms with Crippen LogP contribution in [0.2, 0.25) is 0 Å². The van der Waals surface area contributed by atoms with Gasteiger partial charge in [0.25, 0.3) is 0 Å². The Bertz CT molecular complexity index is 724. The van der Waals surface area contributed by atoms with E-state index in [0.717, 1.165) is 0 Å². The highest BCUT2D eigenvalue weighted by Gasteiger charge is 2.37. The van der Waals surface area contributed by atoms with Gasteiger partial charge < -0.3 is 9.47 Å². The van der Waals surface area contributed by atoms with Gasteiger partial charge in [0.1, 0.15) is 0 Å². The molecule has 0 saturated carbocycles. The van der Waals surface area contributed by atoms with E-state index in [-0.39, 0.29) is 37.2 Å². The molecule has 148 valence electrons. The number of benzene rings is 1. The average Bonchev–Trinajstić information content (AvgIpc) is 2.85. The van der Waals surface area contributed by atoms with E-state index in [1.807, 2.05) is 5.32 Å². The van der Waals surface area contributed by atoms with E-state index in [1.54, 1.807) is 0 Å². The van der Waals surface area contributed by atoms with Crippen LogP contribution in [0.1, 0.15) is 17.5 Å². The zero-order valence-electron chi connectivity index (χ0n) is 13.5. The van der Waals surface area contributed by atoms with Crippen LogP contribution >= 0.6 is 0 Å². The third-order valence-electron chi connectivity index (χ3n) is 3.70. The fourth-order valence-corrected chi connectivity index (χ4v) is 2.27. The molecule has 0 unspecified atom stereocenters. The largest absolute Gasteiger partial charge is 0.462 e. The van der Waals surface area contributed by atoms with Gasteiger partial charge in [0, 0.05) is 17.2 Å². The lowest BCUT2D eigenvalue weighted by atomic mass is 10.0. The number of ether oxygens (including phenoxy) is 2. The topological polar surface area (TPSA) is 64.6 Å². The van der Waals surface area contributed by atoms with E-state index in [1.165, 1.54) is 0 Å². The van der Waals surface area contributed by atoms with Crippen molar-refractivity contribution in [3.63, 3.8) is 0 Å². The van der Waals surface area contributed by atoms with Crippen LogP contribution in [-0.4, -0.2) is 25.3 Å². The highest BCUT2D eigenvalue weighted by Crippen LogP contribution is 2.37. The first-order chi connectivity index (χ1) is 12.4. The van der Waals surface area contributed by atoms with Gasteiger partial charge in [0.15, 0.2) is 0 Å². The molecular weight excluding hydrogens is 384 g/mol. The van der Waals surface area contributed by atoms with Gasteiger partial charge in [-0.15, -0.1) is 0 Å². The van der Waals surface area contributed by atoms with Gasteiger partial charge in [-0.3, -0.25) is 5.32 Å². The molecule has 1 saturated heterocycles. The molecule has 1 N–H and O–H groups in total. The summed E-state index contributed by atoms with van der Waals surface area (Å²) in [5, 5.41) is 1.83. The first kappa shape index (κ1) is 20.6. The Balaban J connectivity index is 2.02. The van der Waals surface area contributed by atoms with Crippen molar-refractivity contribution in [2.75, 3.05) is 18.5 Å². The Morgan fingerprint density at radius 1 is 1.15 bits per heavy atom. The highest BCUT2D eigenvalue weighted by atomic mass is 19.4. The summed E-state index contributed by atoms with van der Waals surface area (Å²) >= 11 is 0. The summed E-state index contributed by atoms with van der Waals surface area (Å²) < 4.78 is 86.0. The standard InChI is InChI=1S/C16H13F6NO4/c1-8-9(7-27-13(8)24)2-3-26-14(25)23-12-5-10(15(17,18)19)4-11(6-12)16(20,21)22/h4-6,9H,1-3,7H2,(H,23,25)/t9-/m0/s1. The van der Waals surface area contributed by atoms with Gasteiger partial charge >= 0.3 is 24.4 Å². The molecule has 27 heavy (non-hydrogen) atoms. The van der Waals surface area contributed by atoms with Gasteiger partial charge in [-0.05, 0) is 24.6 Å².